The summed E-state index contributed by atoms with van der Waals surface area (Å²) >= 11 is 0. The van der Waals surface area contributed by atoms with E-state index in [0.29, 0.717) is 12.8 Å². The van der Waals surface area contributed by atoms with Gasteiger partial charge in [0.25, 0.3) is 0 Å². The molecule has 0 heterocycles. The summed E-state index contributed by atoms with van der Waals surface area (Å²) in [4.78, 5) is 32.8. The zero-order chi connectivity index (χ0) is 24.4. The predicted molar refractivity (Wildman–Crippen MR) is 128 cm³/mol. The van der Waals surface area contributed by atoms with Crippen LogP contribution >= 0.6 is 0 Å². The maximum atomic E-state index is 11.1. The second-order valence-corrected chi connectivity index (χ2v) is 8.39. The Morgan fingerprint density at radius 2 is 0.968 bits per heavy atom. The first-order valence-corrected chi connectivity index (χ1v) is 11.1. The van der Waals surface area contributed by atoms with Gasteiger partial charge in [0.15, 0.2) is 17.3 Å². The zero-order valence-electron chi connectivity index (χ0n) is 20.4. The SMILES string of the molecule is C.CC(C)C(=O)C(O)CN.CCCC(O)C(=O)C(C)C.CCCCC(O)C(=O)C(C)C. The van der Waals surface area contributed by atoms with Crippen molar-refractivity contribution in [3.05, 3.63) is 0 Å². The molecule has 3 atom stereocenters. The van der Waals surface area contributed by atoms with E-state index in [1.807, 2.05) is 27.7 Å². The highest BCUT2D eigenvalue weighted by molar-refractivity contribution is 5.85. The van der Waals surface area contributed by atoms with E-state index in [9.17, 15) is 19.5 Å². The summed E-state index contributed by atoms with van der Waals surface area (Å²) in [5.41, 5.74) is 5.04. The van der Waals surface area contributed by atoms with E-state index in [-0.39, 0.29) is 49.1 Å². The minimum atomic E-state index is -0.968. The van der Waals surface area contributed by atoms with Gasteiger partial charge in [0.2, 0.25) is 0 Å². The van der Waals surface area contributed by atoms with Gasteiger partial charge in [-0.05, 0) is 12.8 Å². The number of rotatable bonds is 12. The Kier molecular flexibility index (Phi) is 26.5. The lowest BCUT2D eigenvalue weighted by atomic mass is 10.0. The summed E-state index contributed by atoms with van der Waals surface area (Å²) < 4.78 is 0. The van der Waals surface area contributed by atoms with E-state index in [1.54, 1.807) is 27.7 Å². The summed E-state index contributed by atoms with van der Waals surface area (Å²) in [7, 11) is 0. The van der Waals surface area contributed by atoms with Gasteiger partial charge in [-0.2, -0.15) is 0 Å². The van der Waals surface area contributed by atoms with E-state index in [0.717, 1.165) is 19.3 Å². The molecule has 7 heteroatoms. The van der Waals surface area contributed by atoms with Gasteiger partial charge in [0.1, 0.15) is 18.3 Å². The minimum Gasteiger partial charge on any atom is -0.385 e. The van der Waals surface area contributed by atoms with Crippen molar-refractivity contribution in [2.45, 2.75) is 113 Å². The fourth-order valence-electron chi connectivity index (χ4n) is 2.23. The first-order valence-electron chi connectivity index (χ1n) is 11.1. The Labute approximate surface area is 190 Å². The van der Waals surface area contributed by atoms with Gasteiger partial charge in [-0.25, -0.2) is 0 Å². The molecule has 0 aromatic rings. The van der Waals surface area contributed by atoms with Gasteiger partial charge in [-0.15, -0.1) is 0 Å². The van der Waals surface area contributed by atoms with Crippen molar-refractivity contribution in [1.29, 1.82) is 0 Å². The fourth-order valence-corrected chi connectivity index (χ4v) is 2.23. The Balaban J connectivity index is -0.000000174. The van der Waals surface area contributed by atoms with Crippen LogP contribution in [0.3, 0.4) is 0 Å². The number of carbonyl (C=O) groups is 3. The molecule has 0 aliphatic rings. The zero-order valence-corrected chi connectivity index (χ0v) is 20.4. The highest BCUT2D eigenvalue weighted by Crippen LogP contribution is 2.07. The van der Waals surface area contributed by atoms with E-state index in [4.69, 9.17) is 15.9 Å². The predicted octanol–water partition coefficient (Wildman–Crippen LogP) is 3.30. The smallest absolute Gasteiger partial charge is 0.165 e. The number of carbonyl (C=O) groups excluding carboxylic acids is 3. The maximum Gasteiger partial charge on any atom is 0.165 e. The van der Waals surface area contributed by atoms with Crippen molar-refractivity contribution in [3.8, 4) is 0 Å². The van der Waals surface area contributed by atoms with Crippen LogP contribution < -0.4 is 5.73 Å². The molecule has 0 aromatic carbocycles. The topological polar surface area (TPSA) is 138 Å². The average Bonchev–Trinajstić information content (AvgIpc) is 2.70. The molecule has 7 nitrogen and oxygen atoms in total. The second kappa shape index (κ2) is 22.1. The van der Waals surface area contributed by atoms with Gasteiger partial charge in [-0.1, -0.05) is 82.1 Å². The summed E-state index contributed by atoms with van der Waals surface area (Å²) in [6.07, 6.45) is 1.61. The van der Waals surface area contributed by atoms with Crippen LogP contribution in [0.1, 0.15) is 94.9 Å². The standard InChI is InChI=1S/C9H18O2.C8H16O2.C6H13NO2.CH4/c1-4-5-6-8(10)9(11)7(2)3;1-4-5-7(9)8(10)6(2)3;1-4(2)6(9)5(8)3-7;/h7-8,10H,4-6H2,1-3H3;6-7,9H,4-5H2,1-3H3;4-5,8H,3,7H2,1-2H3;1H4. The van der Waals surface area contributed by atoms with Gasteiger partial charge in [-0.3, -0.25) is 14.4 Å². The Morgan fingerprint density at radius 3 is 1.19 bits per heavy atom. The van der Waals surface area contributed by atoms with E-state index in [1.165, 1.54) is 0 Å². The number of unbranched alkanes of at least 4 members (excludes halogenated alkanes) is 1. The molecule has 0 radical (unpaired) electrons. The van der Waals surface area contributed by atoms with Crippen molar-refractivity contribution in [3.63, 3.8) is 0 Å². The van der Waals surface area contributed by atoms with Gasteiger partial charge in [0, 0.05) is 24.3 Å². The minimum absolute atomic E-state index is 0. The second-order valence-electron chi connectivity index (χ2n) is 8.39. The number of hydrogen-bond acceptors (Lipinski definition) is 7. The third kappa shape index (κ3) is 20.5. The molecule has 3 unspecified atom stereocenters. The molecular formula is C24H51NO6. The van der Waals surface area contributed by atoms with Crippen LogP contribution in [-0.2, 0) is 14.4 Å². The molecule has 0 saturated carbocycles. The van der Waals surface area contributed by atoms with Crippen LogP contribution in [0.4, 0.5) is 0 Å². The average molecular weight is 450 g/mol. The lowest BCUT2D eigenvalue weighted by molar-refractivity contribution is -0.131. The number of aliphatic hydroxyl groups is 3. The van der Waals surface area contributed by atoms with Gasteiger partial charge in [0.05, 0.1) is 0 Å². The number of Topliss-reactive ketones (excluding diaryl/α,β-unsaturated/α-hetero) is 3. The van der Waals surface area contributed by atoms with Crippen molar-refractivity contribution in [2.24, 2.45) is 23.5 Å². The number of aliphatic hydroxyl groups excluding tert-OH is 3. The summed E-state index contributed by atoms with van der Waals surface area (Å²) in [6.45, 7) is 14.8. The normalized spacial score (nSPS) is 13.3. The van der Waals surface area contributed by atoms with E-state index < -0.39 is 18.3 Å². The molecule has 0 fully saturated rings. The summed E-state index contributed by atoms with van der Waals surface area (Å²) in [6, 6.07) is 0. The lowest BCUT2D eigenvalue weighted by Crippen LogP contribution is -2.32. The highest BCUT2D eigenvalue weighted by atomic mass is 16.3. The van der Waals surface area contributed by atoms with Crippen LogP contribution in [0.15, 0.2) is 0 Å². The summed E-state index contributed by atoms with van der Waals surface area (Å²) in [5.74, 6) is -0.454. The van der Waals surface area contributed by atoms with Gasteiger partial charge >= 0.3 is 0 Å². The molecule has 0 aliphatic heterocycles. The molecule has 0 saturated heterocycles. The highest BCUT2D eigenvalue weighted by Gasteiger charge is 2.17. The fraction of sp³-hybridized carbons (Fsp3) is 0.875. The van der Waals surface area contributed by atoms with Crippen molar-refractivity contribution in [2.75, 3.05) is 6.54 Å². The Bertz CT molecular complexity index is 463. The van der Waals surface area contributed by atoms with E-state index >= 15 is 0 Å². The van der Waals surface area contributed by atoms with Crippen LogP contribution in [-0.4, -0.2) is 57.5 Å². The lowest BCUT2D eigenvalue weighted by Gasteiger charge is -2.10. The molecule has 188 valence electrons. The van der Waals surface area contributed by atoms with Crippen LogP contribution in [0.5, 0.6) is 0 Å². The molecule has 0 aromatic heterocycles. The summed E-state index contributed by atoms with van der Waals surface area (Å²) in [5, 5.41) is 27.2. The van der Waals surface area contributed by atoms with Crippen LogP contribution in [0, 0.1) is 17.8 Å². The van der Waals surface area contributed by atoms with Gasteiger partial charge < -0.3 is 21.1 Å². The maximum absolute atomic E-state index is 11.1. The number of ketones is 3. The first-order chi connectivity index (χ1) is 13.8. The molecule has 0 aliphatic carbocycles. The third-order valence-electron chi connectivity index (χ3n) is 4.31. The molecule has 0 rings (SSSR count). The van der Waals surface area contributed by atoms with Crippen LogP contribution in [0.25, 0.3) is 0 Å². The molecule has 0 spiro atoms. The molecule has 0 amide bonds. The molecule has 5 N–H and O–H groups in total. The molecule has 31 heavy (non-hydrogen) atoms. The molecular weight excluding hydrogens is 398 g/mol. The van der Waals surface area contributed by atoms with Crippen molar-refractivity contribution >= 4 is 17.3 Å². The van der Waals surface area contributed by atoms with Crippen molar-refractivity contribution in [1.82, 2.24) is 0 Å². The van der Waals surface area contributed by atoms with Crippen molar-refractivity contribution < 1.29 is 29.7 Å². The number of nitrogens with two attached hydrogens (primary N) is 1. The Morgan fingerprint density at radius 1 is 0.645 bits per heavy atom. The quantitative estimate of drug-likeness (QED) is 0.358. The monoisotopic (exact) mass is 449 g/mol. The first kappa shape index (κ1) is 37.2. The largest absolute Gasteiger partial charge is 0.385 e. The van der Waals surface area contributed by atoms with Crippen LogP contribution in [0.2, 0.25) is 0 Å². The number of hydrogen-bond donors (Lipinski definition) is 4. The Hall–Kier alpha value is -1.15. The third-order valence-corrected chi connectivity index (χ3v) is 4.31. The van der Waals surface area contributed by atoms with E-state index in [2.05, 4.69) is 0 Å². The molecule has 0 bridgehead atoms.